The van der Waals surface area contributed by atoms with Crippen molar-refractivity contribution in [2.75, 3.05) is 37.3 Å². The Morgan fingerprint density at radius 1 is 1.29 bits per heavy atom. The quantitative estimate of drug-likeness (QED) is 0.801. The number of nitrogens with one attached hydrogen (secondary N) is 1. The molecule has 1 fully saturated rings. The third-order valence-electron chi connectivity index (χ3n) is 2.42. The smallest absolute Gasteiger partial charge is 0.194 e. The van der Waals surface area contributed by atoms with Gasteiger partial charge >= 0.3 is 0 Å². The number of rotatable bonds is 2. The summed E-state index contributed by atoms with van der Waals surface area (Å²) in [6, 6.07) is 0. The zero-order valence-electron chi connectivity index (χ0n) is 9.46. The second kappa shape index (κ2) is 5.61. The van der Waals surface area contributed by atoms with E-state index in [9.17, 15) is 8.42 Å². The first-order chi connectivity index (χ1) is 7.57. The van der Waals surface area contributed by atoms with Crippen molar-refractivity contribution in [3.05, 3.63) is 12.4 Å². The van der Waals surface area contributed by atoms with Crippen LogP contribution in [-0.4, -0.2) is 50.8 Å². The molecule has 2 rings (SSSR count). The SMILES string of the molecule is CS(=O)(=O)c1cncc(N2CCNCC2)n1.Cl. The van der Waals surface area contributed by atoms with E-state index in [1.54, 1.807) is 6.20 Å². The fourth-order valence-corrected chi connectivity index (χ4v) is 2.07. The van der Waals surface area contributed by atoms with Crippen LogP contribution in [0.25, 0.3) is 0 Å². The summed E-state index contributed by atoms with van der Waals surface area (Å²) in [7, 11) is -3.28. The zero-order chi connectivity index (χ0) is 11.6. The average Bonchev–Trinajstić information content (AvgIpc) is 2.29. The molecule has 96 valence electrons. The topological polar surface area (TPSA) is 75.2 Å². The van der Waals surface area contributed by atoms with Crippen molar-refractivity contribution in [3.8, 4) is 0 Å². The highest BCUT2D eigenvalue weighted by Crippen LogP contribution is 2.12. The highest BCUT2D eigenvalue weighted by molar-refractivity contribution is 7.90. The molecule has 1 aromatic rings. The first-order valence-electron chi connectivity index (χ1n) is 5.05. The number of anilines is 1. The number of nitrogens with zero attached hydrogens (tertiary/aromatic N) is 3. The molecule has 0 aromatic carbocycles. The summed E-state index contributed by atoms with van der Waals surface area (Å²) in [5.74, 6) is 0.629. The molecule has 1 N–H and O–H groups in total. The van der Waals surface area contributed by atoms with Crippen LogP contribution in [0, 0.1) is 0 Å². The van der Waals surface area contributed by atoms with Gasteiger partial charge in [0.05, 0.1) is 12.4 Å². The van der Waals surface area contributed by atoms with Crippen LogP contribution in [0.1, 0.15) is 0 Å². The van der Waals surface area contributed by atoms with Gasteiger partial charge in [-0.15, -0.1) is 12.4 Å². The van der Waals surface area contributed by atoms with E-state index in [-0.39, 0.29) is 17.4 Å². The Bertz CT molecular complexity index is 474. The second-order valence-electron chi connectivity index (χ2n) is 3.72. The molecular formula is C9H15ClN4O2S. The van der Waals surface area contributed by atoms with Crippen LogP contribution in [0.5, 0.6) is 0 Å². The minimum atomic E-state index is -3.28. The van der Waals surface area contributed by atoms with Crippen LogP contribution in [0.2, 0.25) is 0 Å². The van der Waals surface area contributed by atoms with E-state index in [4.69, 9.17) is 0 Å². The molecule has 6 nitrogen and oxygen atoms in total. The first kappa shape index (κ1) is 14.1. The maximum Gasteiger partial charge on any atom is 0.194 e. The van der Waals surface area contributed by atoms with Crippen LogP contribution in [-0.2, 0) is 9.84 Å². The second-order valence-corrected chi connectivity index (χ2v) is 5.69. The minimum Gasteiger partial charge on any atom is -0.353 e. The summed E-state index contributed by atoms with van der Waals surface area (Å²) in [4.78, 5) is 10.1. The highest BCUT2D eigenvalue weighted by Gasteiger charge is 2.15. The number of piperazine rings is 1. The van der Waals surface area contributed by atoms with Crippen molar-refractivity contribution in [3.63, 3.8) is 0 Å². The van der Waals surface area contributed by atoms with Crippen LogP contribution < -0.4 is 10.2 Å². The van der Waals surface area contributed by atoms with Crippen molar-refractivity contribution in [1.82, 2.24) is 15.3 Å². The van der Waals surface area contributed by atoms with Crippen LogP contribution in [0.4, 0.5) is 5.82 Å². The van der Waals surface area contributed by atoms with Gasteiger partial charge < -0.3 is 10.2 Å². The lowest BCUT2D eigenvalue weighted by Gasteiger charge is -2.28. The lowest BCUT2D eigenvalue weighted by molar-refractivity contribution is 0.579. The zero-order valence-corrected chi connectivity index (χ0v) is 11.1. The molecule has 0 saturated carbocycles. The van der Waals surface area contributed by atoms with Gasteiger partial charge in [-0.3, -0.25) is 4.98 Å². The molecule has 0 radical (unpaired) electrons. The Morgan fingerprint density at radius 2 is 1.94 bits per heavy atom. The summed E-state index contributed by atoms with van der Waals surface area (Å²) in [5.41, 5.74) is 0. The standard InChI is InChI=1S/C9H14N4O2S.ClH/c1-16(14,15)9-7-11-6-8(12-9)13-4-2-10-3-5-13;/h6-7,10H,2-5H2,1H3;1H. The molecule has 1 aromatic heterocycles. The average molecular weight is 279 g/mol. The fraction of sp³-hybridized carbons (Fsp3) is 0.556. The van der Waals surface area contributed by atoms with Gasteiger partial charge in [-0.2, -0.15) is 0 Å². The van der Waals surface area contributed by atoms with E-state index in [2.05, 4.69) is 15.3 Å². The molecule has 0 unspecified atom stereocenters. The lowest BCUT2D eigenvalue weighted by atomic mass is 10.4. The molecule has 17 heavy (non-hydrogen) atoms. The van der Waals surface area contributed by atoms with Crippen LogP contribution in [0.15, 0.2) is 17.4 Å². The van der Waals surface area contributed by atoms with E-state index < -0.39 is 9.84 Å². The maximum atomic E-state index is 11.3. The summed E-state index contributed by atoms with van der Waals surface area (Å²) in [5, 5.41) is 3.25. The van der Waals surface area contributed by atoms with E-state index >= 15 is 0 Å². The number of hydrogen-bond acceptors (Lipinski definition) is 6. The first-order valence-corrected chi connectivity index (χ1v) is 6.94. The van der Waals surface area contributed by atoms with Crippen LogP contribution >= 0.6 is 12.4 Å². The van der Waals surface area contributed by atoms with E-state index in [0.717, 1.165) is 32.4 Å². The number of aromatic nitrogens is 2. The van der Waals surface area contributed by atoms with Crippen molar-refractivity contribution in [2.45, 2.75) is 5.03 Å². The minimum absolute atomic E-state index is 0. The summed E-state index contributed by atoms with van der Waals surface area (Å²) in [6.45, 7) is 3.40. The Kier molecular flexibility index (Phi) is 4.67. The van der Waals surface area contributed by atoms with Crippen molar-refractivity contribution in [1.29, 1.82) is 0 Å². The molecule has 8 heteroatoms. The molecule has 0 spiro atoms. The van der Waals surface area contributed by atoms with Gasteiger partial charge in [-0.05, 0) is 0 Å². The third kappa shape index (κ3) is 3.52. The van der Waals surface area contributed by atoms with Gasteiger partial charge in [-0.25, -0.2) is 13.4 Å². The number of sulfone groups is 1. The summed E-state index contributed by atoms with van der Waals surface area (Å²) < 4.78 is 22.7. The predicted molar refractivity (Wildman–Crippen MR) is 67.5 cm³/mol. The van der Waals surface area contributed by atoms with Gasteiger partial charge in [0.2, 0.25) is 0 Å². The molecule has 1 saturated heterocycles. The largest absolute Gasteiger partial charge is 0.353 e. The van der Waals surface area contributed by atoms with E-state index in [1.807, 2.05) is 4.90 Å². The third-order valence-corrected chi connectivity index (χ3v) is 3.38. The molecule has 0 atom stereocenters. The van der Waals surface area contributed by atoms with Gasteiger partial charge in [-0.1, -0.05) is 0 Å². The van der Waals surface area contributed by atoms with E-state index in [0.29, 0.717) is 5.82 Å². The lowest BCUT2D eigenvalue weighted by Crippen LogP contribution is -2.44. The molecule has 1 aliphatic rings. The maximum absolute atomic E-state index is 11.3. The predicted octanol–water partition coefficient (Wildman–Crippen LogP) is -0.288. The van der Waals surface area contributed by atoms with Gasteiger partial charge in [0.15, 0.2) is 14.9 Å². The van der Waals surface area contributed by atoms with Crippen LogP contribution in [0.3, 0.4) is 0 Å². The van der Waals surface area contributed by atoms with E-state index in [1.165, 1.54) is 6.20 Å². The number of halogens is 1. The Balaban J connectivity index is 0.00000144. The van der Waals surface area contributed by atoms with Crippen molar-refractivity contribution in [2.24, 2.45) is 0 Å². The molecule has 2 heterocycles. The summed E-state index contributed by atoms with van der Waals surface area (Å²) in [6.07, 6.45) is 4.01. The molecule has 0 amide bonds. The van der Waals surface area contributed by atoms with Gasteiger partial charge in [0, 0.05) is 32.4 Å². The Hall–Kier alpha value is -0.920. The number of hydrogen-bond donors (Lipinski definition) is 1. The highest BCUT2D eigenvalue weighted by atomic mass is 35.5. The molecular weight excluding hydrogens is 264 g/mol. The van der Waals surface area contributed by atoms with Gasteiger partial charge in [0.25, 0.3) is 0 Å². The monoisotopic (exact) mass is 278 g/mol. The Labute approximate surface area is 107 Å². The molecule has 0 bridgehead atoms. The van der Waals surface area contributed by atoms with Crippen molar-refractivity contribution < 1.29 is 8.42 Å². The van der Waals surface area contributed by atoms with Gasteiger partial charge in [0.1, 0.15) is 5.82 Å². The normalized spacial score (nSPS) is 16.4. The van der Waals surface area contributed by atoms with Crippen molar-refractivity contribution >= 4 is 28.1 Å². The fourth-order valence-electron chi connectivity index (χ4n) is 1.56. The molecule has 1 aliphatic heterocycles. The summed E-state index contributed by atoms with van der Waals surface area (Å²) >= 11 is 0. The molecule has 0 aliphatic carbocycles. The Morgan fingerprint density at radius 3 is 2.53 bits per heavy atom.